The van der Waals surface area contributed by atoms with Crippen LogP contribution in [-0.4, -0.2) is 0 Å². The minimum absolute atomic E-state index is 0.618. The molecule has 0 radical (unpaired) electrons. The first-order valence-electron chi connectivity index (χ1n) is 6.37. The van der Waals surface area contributed by atoms with Crippen LogP contribution in [0.3, 0.4) is 0 Å². The molecule has 2 atom stereocenters. The van der Waals surface area contributed by atoms with E-state index in [2.05, 4.69) is 31.2 Å². The predicted octanol–water partition coefficient (Wildman–Crippen LogP) is 4.30. The van der Waals surface area contributed by atoms with Crippen LogP contribution in [0.15, 0.2) is 24.3 Å². The van der Waals surface area contributed by atoms with Gasteiger partial charge in [-0.25, -0.2) is 0 Å². The number of aryl methyl sites for hydroxylation is 1. The lowest BCUT2D eigenvalue weighted by Gasteiger charge is -2.46. The molecule has 3 rings (SSSR count). The molecule has 0 spiro atoms. The largest absolute Gasteiger partial charge is 0.0620 e. The fourth-order valence-electron chi connectivity index (χ4n) is 3.75. The molecule has 0 heteroatoms. The number of hydrogen-bond donors (Lipinski definition) is 0. The summed E-state index contributed by atoms with van der Waals surface area (Å²) in [5.41, 5.74) is 3.92. The maximum absolute atomic E-state index is 2.52. The average molecular weight is 200 g/mol. The highest BCUT2D eigenvalue weighted by Crippen LogP contribution is 2.53. The zero-order valence-electron chi connectivity index (χ0n) is 9.63. The second kappa shape index (κ2) is 3.37. The van der Waals surface area contributed by atoms with Gasteiger partial charge in [0.05, 0.1) is 0 Å². The molecule has 0 saturated heterocycles. The quantitative estimate of drug-likeness (QED) is 0.586. The summed E-state index contributed by atoms with van der Waals surface area (Å²) in [6.45, 7) is 2.52. The zero-order chi connectivity index (χ0) is 10.3. The second-order valence-electron chi connectivity index (χ2n) is 5.65. The third-order valence-electron chi connectivity index (χ3n) is 4.73. The third kappa shape index (κ3) is 1.42. The summed E-state index contributed by atoms with van der Waals surface area (Å²) in [5, 5.41) is 0. The molecule has 0 aliphatic heterocycles. The summed E-state index contributed by atoms with van der Waals surface area (Å²) in [6, 6.07) is 9.13. The van der Waals surface area contributed by atoms with Crippen molar-refractivity contribution in [3.8, 4) is 0 Å². The van der Waals surface area contributed by atoms with Gasteiger partial charge in [0.2, 0.25) is 0 Å². The molecule has 80 valence electrons. The fraction of sp³-hybridized carbons (Fsp3) is 0.600. The Morgan fingerprint density at radius 3 is 2.93 bits per heavy atom. The van der Waals surface area contributed by atoms with E-state index in [1.165, 1.54) is 38.5 Å². The Kier molecular flexibility index (Phi) is 2.12. The summed E-state index contributed by atoms with van der Waals surface area (Å²) in [4.78, 5) is 0. The minimum Gasteiger partial charge on any atom is -0.0620 e. The van der Waals surface area contributed by atoms with Crippen molar-refractivity contribution in [1.82, 2.24) is 0 Å². The molecule has 15 heavy (non-hydrogen) atoms. The number of hydrogen-bond acceptors (Lipinski definition) is 0. The van der Waals surface area contributed by atoms with E-state index in [4.69, 9.17) is 0 Å². The topological polar surface area (TPSA) is 0 Å². The lowest BCUT2D eigenvalue weighted by Crippen LogP contribution is -2.33. The molecule has 2 aliphatic carbocycles. The molecule has 1 fully saturated rings. The maximum atomic E-state index is 2.52. The zero-order valence-corrected chi connectivity index (χ0v) is 9.63. The van der Waals surface area contributed by atoms with Crippen molar-refractivity contribution < 1.29 is 0 Å². The molecule has 2 aliphatic rings. The van der Waals surface area contributed by atoms with Gasteiger partial charge >= 0.3 is 0 Å². The van der Waals surface area contributed by atoms with Gasteiger partial charge in [-0.15, -0.1) is 0 Å². The Balaban J connectivity index is 2.05. The second-order valence-corrected chi connectivity index (χ2v) is 5.65. The number of benzene rings is 1. The summed E-state index contributed by atoms with van der Waals surface area (Å²) >= 11 is 0. The lowest BCUT2D eigenvalue weighted by atomic mass is 9.59. The van der Waals surface area contributed by atoms with E-state index in [0.717, 1.165) is 5.92 Å². The molecule has 0 nitrogen and oxygen atoms in total. The molecule has 2 unspecified atom stereocenters. The van der Waals surface area contributed by atoms with Crippen molar-refractivity contribution in [2.75, 3.05) is 0 Å². The molecule has 0 heterocycles. The van der Waals surface area contributed by atoms with Crippen molar-refractivity contribution in [2.24, 2.45) is 5.41 Å². The molecular weight excluding hydrogens is 180 g/mol. The first-order chi connectivity index (χ1) is 7.30. The van der Waals surface area contributed by atoms with E-state index in [1.54, 1.807) is 11.1 Å². The Labute approximate surface area is 92.7 Å². The van der Waals surface area contributed by atoms with Crippen LogP contribution in [0.5, 0.6) is 0 Å². The van der Waals surface area contributed by atoms with E-state index >= 15 is 0 Å². The molecule has 0 bridgehead atoms. The minimum atomic E-state index is 0.618. The van der Waals surface area contributed by atoms with Gasteiger partial charge in [0, 0.05) is 0 Å². The van der Waals surface area contributed by atoms with Crippen LogP contribution in [0.1, 0.15) is 56.1 Å². The van der Waals surface area contributed by atoms with Gasteiger partial charge in [-0.3, -0.25) is 0 Å². The van der Waals surface area contributed by atoms with Crippen molar-refractivity contribution in [3.63, 3.8) is 0 Å². The van der Waals surface area contributed by atoms with Crippen molar-refractivity contribution >= 4 is 0 Å². The molecule has 1 aromatic carbocycles. The predicted molar refractivity (Wildman–Crippen MR) is 64.1 cm³/mol. The molecule has 0 aromatic heterocycles. The molecule has 1 aromatic rings. The van der Waals surface area contributed by atoms with Gasteiger partial charge in [0.1, 0.15) is 0 Å². The van der Waals surface area contributed by atoms with Crippen LogP contribution in [0.25, 0.3) is 0 Å². The third-order valence-corrected chi connectivity index (χ3v) is 4.73. The van der Waals surface area contributed by atoms with Crippen molar-refractivity contribution in [3.05, 3.63) is 35.4 Å². The molecule has 0 amide bonds. The van der Waals surface area contributed by atoms with Gasteiger partial charge in [-0.1, -0.05) is 44.0 Å². The highest BCUT2D eigenvalue weighted by molar-refractivity contribution is 5.35. The summed E-state index contributed by atoms with van der Waals surface area (Å²) in [7, 11) is 0. The summed E-state index contributed by atoms with van der Waals surface area (Å²) < 4.78 is 0. The SMILES string of the molecule is CC12CCCCC1c1ccccc1CC2. The monoisotopic (exact) mass is 200 g/mol. The van der Waals surface area contributed by atoms with E-state index in [9.17, 15) is 0 Å². The van der Waals surface area contributed by atoms with E-state index in [-0.39, 0.29) is 0 Å². The molecular formula is C15H20. The smallest absolute Gasteiger partial charge is 0.0105 e. The fourth-order valence-corrected chi connectivity index (χ4v) is 3.75. The summed E-state index contributed by atoms with van der Waals surface area (Å²) in [6.07, 6.45) is 8.49. The Bertz CT molecular complexity index is 366. The van der Waals surface area contributed by atoms with Gasteiger partial charge in [0.15, 0.2) is 0 Å². The van der Waals surface area contributed by atoms with Crippen LogP contribution in [0, 0.1) is 5.41 Å². The van der Waals surface area contributed by atoms with Gasteiger partial charge < -0.3 is 0 Å². The van der Waals surface area contributed by atoms with Crippen LogP contribution in [-0.2, 0) is 6.42 Å². The van der Waals surface area contributed by atoms with Gasteiger partial charge in [-0.05, 0) is 48.1 Å². The van der Waals surface area contributed by atoms with Crippen LogP contribution in [0.4, 0.5) is 0 Å². The van der Waals surface area contributed by atoms with Gasteiger partial charge in [0.25, 0.3) is 0 Å². The Morgan fingerprint density at radius 2 is 2.00 bits per heavy atom. The Morgan fingerprint density at radius 1 is 1.13 bits per heavy atom. The highest BCUT2D eigenvalue weighted by Gasteiger charge is 2.40. The van der Waals surface area contributed by atoms with Crippen LogP contribution in [0.2, 0.25) is 0 Å². The number of fused-ring (bicyclic) bond motifs is 3. The maximum Gasteiger partial charge on any atom is -0.0105 e. The van der Waals surface area contributed by atoms with E-state index < -0.39 is 0 Å². The normalized spacial score (nSPS) is 34.3. The standard InChI is InChI=1S/C15H20/c1-15-10-5-4-8-14(15)13-7-3-2-6-12(13)9-11-15/h2-3,6-7,14H,4-5,8-11H2,1H3. The van der Waals surface area contributed by atoms with E-state index in [0.29, 0.717) is 5.41 Å². The van der Waals surface area contributed by atoms with Crippen molar-refractivity contribution in [1.29, 1.82) is 0 Å². The highest BCUT2D eigenvalue weighted by atomic mass is 14.4. The Hall–Kier alpha value is -0.780. The van der Waals surface area contributed by atoms with E-state index in [1.807, 2.05) is 0 Å². The lowest BCUT2D eigenvalue weighted by molar-refractivity contribution is 0.148. The first-order valence-corrected chi connectivity index (χ1v) is 6.37. The van der Waals surface area contributed by atoms with Crippen LogP contribution < -0.4 is 0 Å². The first kappa shape index (κ1) is 9.45. The average Bonchev–Trinajstić information content (AvgIpc) is 2.28. The number of rotatable bonds is 0. The molecule has 1 saturated carbocycles. The van der Waals surface area contributed by atoms with Crippen molar-refractivity contribution in [2.45, 2.75) is 51.4 Å². The van der Waals surface area contributed by atoms with Gasteiger partial charge in [-0.2, -0.15) is 0 Å². The summed E-state index contributed by atoms with van der Waals surface area (Å²) in [5.74, 6) is 0.858. The van der Waals surface area contributed by atoms with Crippen LogP contribution >= 0.6 is 0 Å². The molecule has 0 N–H and O–H groups in total.